The molecule has 0 aromatic heterocycles. The van der Waals surface area contributed by atoms with E-state index in [0.717, 1.165) is 0 Å². The molecule has 2 N–H and O–H groups in total. The van der Waals surface area contributed by atoms with E-state index in [0.29, 0.717) is 17.7 Å². The summed E-state index contributed by atoms with van der Waals surface area (Å²) in [6.07, 6.45) is -0.176. The van der Waals surface area contributed by atoms with Crippen molar-refractivity contribution in [2.24, 2.45) is 5.92 Å². The molecule has 1 atom stereocenters. The fourth-order valence-electron chi connectivity index (χ4n) is 2.19. The maximum absolute atomic E-state index is 12.6. The van der Waals surface area contributed by atoms with Gasteiger partial charge in [0, 0.05) is 5.69 Å². The maximum atomic E-state index is 12.6. The van der Waals surface area contributed by atoms with Crippen LogP contribution in [-0.4, -0.2) is 36.7 Å². The predicted molar refractivity (Wildman–Crippen MR) is 99.0 cm³/mol. The third-order valence-electron chi connectivity index (χ3n) is 3.29. The normalized spacial score (nSPS) is 12.3. The van der Waals surface area contributed by atoms with Crippen molar-refractivity contribution in [2.45, 2.75) is 52.7 Å². The number of nitrogens with one attached hydrogen (secondary N) is 2. The van der Waals surface area contributed by atoms with Gasteiger partial charge in [0.2, 0.25) is 5.91 Å². The highest BCUT2D eigenvalue weighted by Crippen LogP contribution is 2.14. The van der Waals surface area contributed by atoms with Gasteiger partial charge in [0.15, 0.2) is 0 Å². The summed E-state index contributed by atoms with van der Waals surface area (Å²) in [5, 5.41) is 5.35. The zero-order valence-corrected chi connectivity index (χ0v) is 16.2. The number of alkyl carbamates (subject to hydrolysis) is 1. The van der Waals surface area contributed by atoms with Crippen molar-refractivity contribution in [3.8, 4) is 0 Å². The number of carbonyl (C=O) groups excluding carboxylic acids is 3. The Morgan fingerprint density at radius 2 is 1.65 bits per heavy atom. The van der Waals surface area contributed by atoms with E-state index >= 15 is 0 Å². The summed E-state index contributed by atoms with van der Waals surface area (Å²) in [6, 6.07) is 5.58. The fourth-order valence-corrected chi connectivity index (χ4v) is 2.19. The van der Waals surface area contributed by atoms with E-state index in [1.165, 1.54) is 7.11 Å². The van der Waals surface area contributed by atoms with Gasteiger partial charge in [-0.15, -0.1) is 0 Å². The Hall–Kier alpha value is -2.57. The molecule has 0 aliphatic heterocycles. The van der Waals surface area contributed by atoms with Gasteiger partial charge in [0.1, 0.15) is 11.6 Å². The van der Waals surface area contributed by atoms with Gasteiger partial charge in [-0.3, -0.25) is 4.79 Å². The molecule has 7 heteroatoms. The summed E-state index contributed by atoms with van der Waals surface area (Å²) in [6.45, 7) is 9.19. The molecule has 0 saturated carbocycles. The number of carbonyl (C=O) groups is 3. The van der Waals surface area contributed by atoms with Crippen LogP contribution in [0, 0.1) is 5.92 Å². The zero-order chi connectivity index (χ0) is 19.9. The highest BCUT2D eigenvalue weighted by molar-refractivity contribution is 5.97. The molecule has 1 unspecified atom stereocenters. The van der Waals surface area contributed by atoms with E-state index in [2.05, 4.69) is 15.4 Å². The summed E-state index contributed by atoms with van der Waals surface area (Å²) in [5.74, 6) is -0.607. The molecule has 1 rings (SSSR count). The number of hydrogen-bond acceptors (Lipinski definition) is 5. The van der Waals surface area contributed by atoms with Gasteiger partial charge in [0.25, 0.3) is 0 Å². The van der Waals surface area contributed by atoms with Crippen LogP contribution in [0.15, 0.2) is 24.3 Å². The van der Waals surface area contributed by atoms with E-state index < -0.39 is 23.7 Å². The average molecular weight is 364 g/mol. The molecule has 0 heterocycles. The van der Waals surface area contributed by atoms with Crippen LogP contribution < -0.4 is 10.6 Å². The molecule has 144 valence electrons. The van der Waals surface area contributed by atoms with Crippen LogP contribution in [0.1, 0.15) is 51.4 Å². The molecule has 2 amide bonds. The second-order valence-corrected chi connectivity index (χ2v) is 7.39. The highest BCUT2D eigenvalue weighted by Gasteiger charge is 2.25. The Balaban J connectivity index is 2.79. The van der Waals surface area contributed by atoms with Crippen molar-refractivity contribution in [3.05, 3.63) is 29.8 Å². The number of hydrogen-bond donors (Lipinski definition) is 2. The van der Waals surface area contributed by atoms with Crippen molar-refractivity contribution < 1.29 is 23.9 Å². The standard InChI is InChI=1S/C19H28N2O5/c1-12(2)11-15(21-18(24)26-19(3,4)5)16(22)20-14-9-7-13(8-10-14)17(23)25-6/h7-10,12,15H,11H2,1-6H3,(H,20,22)(H,21,24). The van der Waals surface area contributed by atoms with Crippen molar-refractivity contribution in [1.82, 2.24) is 5.32 Å². The topological polar surface area (TPSA) is 93.7 Å². The minimum absolute atomic E-state index is 0.197. The minimum Gasteiger partial charge on any atom is -0.465 e. The third kappa shape index (κ3) is 7.55. The van der Waals surface area contributed by atoms with Crippen LogP contribution in [0.3, 0.4) is 0 Å². The molecular formula is C19H28N2O5. The lowest BCUT2D eigenvalue weighted by molar-refractivity contribution is -0.118. The van der Waals surface area contributed by atoms with Gasteiger partial charge in [-0.2, -0.15) is 0 Å². The van der Waals surface area contributed by atoms with Crippen LogP contribution in [0.25, 0.3) is 0 Å². The monoisotopic (exact) mass is 364 g/mol. The molecule has 1 aromatic carbocycles. The molecule has 0 radical (unpaired) electrons. The summed E-state index contributed by atoms with van der Waals surface area (Å²) in [4.78, 5) is 36.0. The second-order valence-electron chi connectivity index (χ2n) is 7.39. The lowest BCUT2D eigenvalue weighted by Gasteiger charge is -2.24. The number of ether oxygens (including phenoxy) is 2. The lowest BCUT2D eigenvalue weighted by Crippen LogP contribution is -2.46. The first-order chi connectivity index (χ1) is 12.0. The summed E-state index contributed by atoms with van der Waals surface area (Å²) >= 11 is 0. The summed E-state index contributed by atoms with van der Waals surface area (Å²) in [5.41, 5.74) is 0.255. The first-order valence-electron chi connectivity index (χ1n) is 8.50. The largest absolute Gasteiger partial charge is 0.465 e. The van der Waals surface area contributed by atoms with E-state index in [1.807, 2.05) is 13.8 Å². The van der Waals surface area contributed by atoms with Crippen LogP contribution in [0.5, 0.6) is 0 Å². The van der Waals surface area contributed by atoms with Gasteiger partial charge in [-0.05, 0) is 57.4 Å². The quantitative estimate of drug-likeness (QED) is 0.755. The molecular weight excluding hydrogens is 336 g/mol. The molecule has 1 aromatic rings. The zero-order valence-electron chi connectivity index (χ0n) is 16.2. The van der Waals surface area contributed by atoms with E-state index in [9.17, 15) is 14.4 Å². The van der Waals surface area contributed by atoms with Crippen LogP contribution >= 0.6 is 0 Å². The van der Waals surface area contributed by atoms with Gasteiger partial charge in [-0.1, -0.05) is 13.8 Å². The molecule has 0 fully saturated rings. The Labute approximate surface area is 154 Å². The second kappa shape index (κ2) is 9.22. The smallest absolute Gasteiger partial charge is 0.408 e. The first-order valence-corrected chi connectivity index (χ1v) is 8.50. The highest BCUT2D eigenvalue weighted by atomic mass is 16.6. The van der Waals surface area contributed by atoms with Crippen molar-refractivity contribution >= 4 is 23.7 Å². The first kappa shape index (κ1) is 21.5. The number of benzene rings is 1. The fraction of sp³-hybridized carbons (Fsp3) is 0.526. The Kier molecular flexibility index (Phi) is 7.61. The lowest BCUT2D eigenvalue weighted by atomic mass is 10.0. The molecule has 0 saturated heterocycles. The molecule has 0 aliphatic carbocycles. The Bertz CT molecular complexity index is 632. The number of anilines is 1. The number of methoxy groups -OCH3 is 1. The van der Waals surface area contributed by atoms with Crippen molar-refractivity contribution in [3.63, 3.8) is 0 Å². The van der Waals surface area contributed by atoms with E-state index in [4.69, 9.17) is 4.74 Å². The third-order valence-corrected chi connectivity index (χ3v) is 3.29. The number of amides is 2. The SMILES string of the molecule is COC(=O)c1ccc(NC(=O)C(CC(C)C)NC(=O)OC(C)(C)C)cc1. The van der Waals surface area contributed by atoms with Gasteiger partial charge in [-0.25, -0.2) is 9.59 Å². The summed E-state index contributed by atoms with van der Waals surface area (Å²) < 4.78 is 9.86. The molecule has 0 aliphatic rings. The average Bonchev–Trinajstić information content (AvgIpc) is 2.52. The van der Waals surface area contributed by atoms with Crippen LogP contribution in [-0.2, 0) is 14.3 Å². The molecule has 26 heavy (non-hydrogen) atoms. The minimum atomic E-state index is -0.731. The van der Waals surface area contributed by atoms with Crippen LogP contribution in [0.2, 0.25) is 0 Å². The number of esters is 1. The van der Waals surface area contributed by atoms with Gasteiger partial charge >= 0.3 is 12.1 Å². The van der Waals surface area contributed by atoms with Gasteiger partial charge in [0.05, 0.1) is 12.7 Å². The van der Waals surface area contributed by atoms with Crippen LogP contribution in [0.4, 0.5) is 10.5 Å². The van der Waals surface area contributed by atoms with Crippen molar-refractivity contribution in [2.75, 3.05) is 12.4 Å². The predicted octanol–water partition coefficient (Wildman–Crippen LogP) is 3.35. The number of rotatable bonds is 6. The van der Waals surface area contributed by atoms with Gasteiger partial charge < -0.3 is 20.1 Å². The van der Waals surface area contributed by atoms with E-state index in [1.54, 1.807) is 45.0 Å². The Morgan fingerprint density at radius 3 is 2.12 bits per heavy atom. The summed E-state index contributed by atoms with van der Waals surface area (Å²) in [7, 11) is 1.30. The molecule has 0 bridgehead atoms. The maximum Gasteiger partial charge on any atom is 0.408 e. The van der Waals surface area contributed by atoms with E-state index in [-0.39, 0.29) is 11.8 Å². The van der Waals surface area contributed by atoms with Crippen molar-refractivity contribution in [1.29, 1.82) is 0 Å². The molecule has 7 nitrogen and oxygen atoms in total. The Morgan fingerprint density at radius 1 is 1.08 bits per heavy atom. The molecule has 0 spiro atoms.